The predicted molar refractivity (Wildman–Crippen MR) is 98.2 cm³/mol. The van der Waals surface area contributed by atoms with Crippen LogP contribution in [0.1, 0.15) is 32.1 Å². The van der Waals surface area contributed by atoms with E-state index in [1.54, 1.807) is 7.05 Å². The van der Waals surface area contributed by atoms with Crippen LogP contribution in [0.5, 0.6) is 0 Å². The molecule has 154 valence electrons. The van der Waals surface area contributed by atoms with Crippen molar-refractivity contribution in [1.82, 2.24) is 4.90 Å². The van der Waals surface area contributed by atoms with Gasteiger partial charge in [0.15, 0.2) is 30.5 Å². The molecule has 0 aromatic heterocycles. The SMILES string of the molecule is C[NH+](CC(=O)Nc1ccc(F)c(F)c1F)CC(=O)N1CC[C@H]2CCCC[C@@H]2C1. The van der Waals surface area contributed by atoms with Gasteiger partial charge < -0.3 is 15.1 Å². The number of likely N-dealkylation sites (N-methyl/N-ethyl adjacent to an activating group) is 1. The van der Waals surface area contributed by atoms with Crippen LogP contribution in [0.4, 0.5) is 18.9 Å². The second-order valence-corrected chi connectivity index (χ2v) is 8.01. The van der Waals surface area contributed by atoms with E-state index in [2.05, 4.69) is 5.32 Å². The van der Waals surface area contributed by atoms with Crippen LogP contribution < -0.4 is 10.2 Å². The van der Waals surface area contributed by atoms with E-state index in [0.717, 1.165) is 37.6 Å². The van der Waals surface area contributed by atoms with Gasteiger partial charge in [0.25, 0.3) is 11.8 Å². The molecule has 1 saturated heterocycles. The van der Waals surface area contributed by atoms with Gasteiger partial charge >= 0.3 is 0 Å². The Morgan fingerprint density at radius 1 is 1.07 bits per heavy atom. The number of fused-ring (bicyclic) bond motifs is 1. The molecular formula is C20H27F3N3O2+. The summed E-state index contributed by atoms with van der Waals surface area (Å²) in [5.41, 5.74) is -0.414. The highest BCUT2D eigenvalue weighted by molar-refractivity contribution is 5.91. The van der Waals surface area contributed by atoms with E-state index in [9.17, 15) is 22.8 Å². The minimum Gasteiger partial charge on any atom is -0.338 e. The van der Waals surface area contributed by atoms with Crippen LogP contribution in [0.15, 0.2) is 12.1 Å². The van der Waals surface area contributed by atoms with Crippen LogP contribution in [0.2, 0.25) is 0 Å². The van der Waals surface area contributed by atoms with Gasteiger partial charge in [-0.25, -0.2) is 13.2 Å². The van der Waals surface area contributed by atoms with E-state index >= 15 is 0 Å². The quantitative estimate of drug-likeness (QED) is 0.741. The molecule has 0 radical (unpaired) electrons. The van der Waals surface area contributed by atoms with Gasteiger partial charge in [0, 0.05) is 13.1 Å². The molecule has 3 atom stereocenters. The monoisotopic (exact) mass is 398 g/mol. The van der Waals surface area contributed by atoms with Crippen molar-refractivity contribution in [3.8, 4) is 0 Å². The van der Waals surface area contributed by atoms with Gasteiger partial charge in [-0.15, -0.1) is 0 Å². The first kappa shape index (κ1) is 20.6. The molecule has 1 aliphatic carbocycles. The third-order valence-electron chi connectivity index (χ3n) is 5.87. The van der Waals surface area contributed by atoms with Gasteiger partial charge in [-0.05, 0) is 36.8 Å². The summed E-state index contributed by atoms with van der Waals surface area (Å²) in [4.78, 5) is 27.2. The lowest BCUT2D eigenvalue weighted by Gasteiger charge is -2.41. The topological polar surface area (TPSA) is 53.9 Å². The Hall–Kier alpha value is -2.09. The summed E-state index contributed by atoms with van der Waals surface area (Å²) in [7, 11) is 1.70. The van der Waals surface area contributed by atoms with Gasteiger partial charge in [-0.2, -0.15) is 0 Å². The van der Waals surface area contributed by atoms with Crippen molar-refractivity contribution in [2.45, 2.75) is 32.1 Å². The zero-order valence-electron chi connectivity index (χ0n) is 16.1. The molecule has 5 nitrogen and oxygen atoms in total. The first-order valence-electron chi connectivity index (χ1n) is 9.87. The summed E-state index contributed by atoms with van der Waals surface area (Å²) < 4.78 is 39.9. The number of amides is 2. The number of nitrogens with one attached hydrogen (secondary N) is 2. The summed E-state index contributed by atoms with van der Waals surface area (Å²) in [5, 5.41) is 2.23. The molecule has 1 unspecified atom stereocenters. The van der Waals surface area contributed by atoms with E-state index in [4.69, 9.17) is 0 Å². The molecule has 2 amide bonds. The lowest BCUT2D eigenvalue weighted by Crippen LogP contribution is -3.11. The van der Waals surface area contributed by atoms with Crippen molar-refractivity contribution < 1.29 is 27.7 Å². The van der Waals surface area contributed by atoms with E-state index in [1.807, 2.05) is 4.90 Å². The van der Waals surface area contributed by atoms with Crippen LogP contribution >= 0.6 is 0 Å². The van der Waals surface area contributed by atoms with Crippen LogP contribution in [0, 0.1) is 29.3 Å². The van der Waals surface area contributed by atoms with Gasteiger partial charge in [0.05, 0.1) is 12.7 Å². The molecular weight excluding hydrogens is 371 g/mol. The number of carbonyl (C=O) groups excluding carboxylic acids is 2. The molecule has 1 aromatic rings. The summed E-state index contributed by atoms with van der Waals surface area (Å²) in [5.74, 6) is -3.61. The maximum Gasteiger partial charge on any atom is 0.279 e. The molecule has 3 rings (SSSR count). The Morgan fingerprint density at radius 2 is 1.79 bits per heavy atom. The van der Waals surface area contributed by atoms with Gasteiger partial charge in [0.2, 0.25) is 0 Å². The number of rotatable bonds is 5. The largest absolute Gasteiger partial charge is 0.338 e. The number of piperidine rings is 1. The Kier molecular flexibility index (Phi) is 6.59. The van der Waals surface area contributed by atoms with Crippen molar-refractivity contribution in [3.05, 3.63) is 29.6 Å². The van der Waals surface area contributed by atoms with Crippen molar-refractivity contribution in [2.24, 2.45) is 11.8 Å². The number of benzene rings is 1. The Labute approximate surface area is 162 Å². The van der Waals surface area contributed by atoms with E-state index < -0.39 is 29.0 Å². The molecule has 8 heteroatoms. The minimum atomic E-state index is -1.63. The summed E-state index contributed by atoms with van der Waals surface area (Å²) >= 11 is 0. The maximum atomic E-state index is 13.7. The molecule has 0 bridgehead atoms. The van der Waals surface area contributed by atoms with Crippen molar-refractivity contribution in [1.29, 1.82) is 0 Å². The molecule has 1 saturated carbocycles. The molecule has 1 aromatic carbocycles. The third kappa shape index (κ3) is 4.84. The molecule has 2 fully saturated rings. The predicted octanol–water partition coefficient (Wildman–Crippen LogP) is 1.60. The smallest absolute Gasteiger partial charge is 0.279 e. The van der Waals surface area contributed by atoms with Gasteiger partial charge in [0.1, 0.15) is 0 Å². The van der Waals surface area contributed by atoms with Gasteiger partial charge in [-0.1, -0.05) is 19.3 Å². The van der Waals surface area contributed by atoms with Crippen molar-refractivity contribution >= 4 is 17.5 Å². The Bertz CT molecular complexity index is 744. The van der Waals surface area contributed by atoms with E-state index in [1.165, 1.54) is 25.7 Å². The molecule has 2 N–H and O–H groups in total. The molecule has 1 heterocycles. The highest BCUT2D eigenvalue weighted by Crippen LogP contribution is 2.35. The minimum absolute atomic E-state index is 0.00771. The highest BCUT2D eigenvalue weighted by Gasteiger charge is 2.33. The zero-order chi connectivity index (χ0) is 20.3. The average Bonchev–Trinajstić information content (AvgIpc) is 2.67. The molecule has 28 heavy (non-hydrogen) atoms. The Morgan fingerprint density at radius 3 is 2.54 bits per heavy atom. The standard InChI is InChI=1S/C20H26F3N3O2/c1-25(11-17(27)24-16-7-6-15(21)19(22)20(16)23)12-18(28)26-9-8-13-4-2-3-5-14(13)10-26/h6-7,13-14H,2-5,8-12H2,1H3,(H,24,27)/p+1/t13-,14-/m1/s1. The lowest BCUT2D eigenvalue weighted by molar-refractivity contribution is -0.862. The second-order valence-electron chi connectivity index (χ2n) is 8.01. The summed E-state index contributed by atoms with van der Waals surface area (Å²) in [6, 6.07) is 1.73. The number of hydrogen-bond acceptors (Lipinski definition) is 2. The number of likely N-dealkylation sites (tertiary alicyclic amines) is 1. The number of carbonyl (C=O) groups is 2. The first-order chi connectivity index (χ1) is 13.3. The fourth-order valence-electron chi connectivity index (χ4n) is 4.35. The highest BCUT2D eigenvalue weighted by atomic mass is 19.2. The number of halogens is 3. The van der Waals surface area contributed by atoms with E-state index in [0.29, 0.717) is 10.8 Å². The number of nitrogens with zero attached hydrogens (tertiary/aromatic N) is 1. The third-order valence-corrected chi connectivity index (χ3v) is 5.87. The average molecular weight is 398 g/mol. The normalized spacial score (nSPS) is 23.1. The summed E-state index contributed by atoms with van der Waals surface area (Å²) in [6.07, 6.45) is 6.01. The molecule has 0 spiro atoms. The number of hydrogen-bond donors (Lipinski definition) is 2. The number of anilines is 1. The second kappa shape index (κ2) is 8.94. The molecule has 1 aliphatic heterocycles. The molecule has 2 aliphatic rings. The fourth-order valence-corrected chi connectivity index (χ4v) is 4.35. The zero-order valence-corrected chi connectivity index (χ0v) is 16.1. The van der Waals surface area contributed by atoms with E-state index in [-0.39, 0.29) is 19.0 Å². The van der Waals surface area contributed by atoms with Crippen molar-refractivity contribution in [2.75, 3.05) is 38.5 Å². The van der Waals surface area contributed by atoms with Crippen LogP contribution in [-0.4, -0.2) is 49.9 Å². The van der Waals surface area contributed by atoms with Gasteiger partial charge in [-0.3, -0.25) is 9.59 Å². The Balaban J connectivity index is 1.48. The van der Waals surface area contributed by atoms with Crippen molar-refractivity contribution in [3.63, 3.8) is 0 Å². The first-order valence-corrected chi connectivity index (χ1v) is 9.87. The number of quaternary nitrogens is 1. The fraction of sp³-hybridized carbons (Fsp3) is 0.600. The van der Waals surface area contributed by atoms with Crippen LogP contribution in [0.3, 0.4) is 0 Å². The summed E-state index contributed by atoms with van der Waals surface area (Å²) in [6.45, 7) is 1.64. The lowest BCUT2D eigenvalue weighted by atomic mass is 9.75. The maximum absolute atomic E-state index is 13.7. The van der Waals surface area contributed by atoms with Crippen LogP contribution in [-0.2, 0) is 9.59 Å². The van der Waals surface area contributed by atoms with Crippen LogP contribution in [0.25, 0.3) is 0 Å².